The first-order valence-electron chi connectivity index (χ1n) is 8.34. The minimum Gasteiger partial charge on any atom is -0.370 e. The molecule has 0 saturated carbocycles. The van der Waals surface area contributed by atoms with Gasteiger partial charge in [0.1, 0.15) is 17.5 Å². The molecule has 0 amide bonds. The van der Waals surface area contributed by atoms with E-state index in [1.807, 2.05) is 12.1 Å². The number of guanidine groups is 1. The van der Waals surface area contributed by atoms with Gasteiger partial charge in [-0.25, -0.2) is 18.8 Å². The Morgan fingerprint density at radius 1 is 1.16 bits per heavy atom. The van der Waals surface area contributed by atoms with Gasteiger partial charge in [0.2, 0.25) is 0 Å². The SMILES string of the molecule is NC(=NCc1ccc(N2CCCCC2)nc1)Nc1cc(F)ccc1F. The van der Waals surface area contributed by atoms with E-state index in [1.54, 1.807) is 6.20 Å². The molecule has 0 spiro atoms. The van der Waals surface area contributed by atoms with Crippen LogP contribution in [0.3, 0.4) is 0 Å². The van der Waals surface area contributed by atoms with Crippen molar-refractivity contribution >= 4 is 17.5 Å². The van der Waals surface area contributed by atoms with Crippen molar-refractivity contribution in [3.63, 3.8) is 0 Å². The maximum Gasteiger partial charge on any atom is 0.193 e. The molecule has 2 heterocycles. The van der Waals surface area contributed by atoms with Crippen LogP contribution in [0.5, 0.6) is 0 Å². The van der Waals surface area contributed by atoms with E-state index < -0.39 is 11.6 Å². The molecule has 1 fully saturated rings. The maximum atomic E-state index is 13.6. The predicted molar refractivity (Wildman–Crippen MR) is 95.6 cm³/mol. The number of nitrogens with one attached hydrogen (secondary N) is 1. The van der Waals surface area contributed by atoms with Crippen LogP contribution in [0.1, 0.15) is 24.8 Å². The number of pyridine rings is 1. The second kappa shape index (κ2) is 7.92. The second-order valence-electron chi connectivity index (χ2n) is 6.02. The molecule has 25 heavy (non-hydrogen) atoms. The average molecular weight is 345 g/mol. The smallest absolute Gasteiger partial charge is 0.193 e. The van der Waals surface area contributed by atoms with Gasteiger partial charge in [0.15, 0.2) is 5.96 Å². The van der Waals surface area contributed by atoms with Crippen molar-refractivity contribution in [3.8, 4) is 0 Å². The lowest BCUT2D eigenvalue weighted by Crippen LogP contribution is -2.30. The molecule has 3 N–H and O–H groups in total. The summed E-state index contributed by atoms with van der Waals surface area (Å²) in [4.78, 5) is 10.9. The first kappa shape index (κ1) is 17.1. The molecule has 1 aromatic carbocycles. The summed E-state index contributed by atoms with van der Waals surface area (Å²) in [5.74, 6) is -0.147. The number of benzene rings is 1. The molecule has 0 aliphatic carbocycles. The molecule has 1 aliphatic rings. The minimum atomic E-state index is -0.591. The Labute approximate surface area is 145 Å². The summed E-state index contributed by atoms with van der Waals surface area (Å²) < 4.78 is 26.7. The van der Waals surface area contributed by atoms with E-state index in [9.17, 15) is 8.78 Å². The van der Waals surface area contributed by atoms with Crippen LogP contribution in [0.4, 0.5) is 20.3 Å². The number of aliphatic imine (C=N–C) groups is 1. The van der Waals surface area contributed by atoms with Gasteiger partial charge in [-0.1, -0.05) is 6.07 Å². The van der Waals surface area contributed by atoms with Crippen molar-refractivity contribution in [2.75, 3.05) is 23.3 Å². The number of anilines is 2. The Balaban J connectivity index is 1.59. The molecule has 0 radical (unpaired) electrons. The van der Waals surface area contributed by atoms with Gasteiger partial charge < -0.3 is 16.0 Å². The van der Waals surface area contributed by atoms with Gasteiger partial charge in [-0.2, -0.15) is 0 Å². The zero-order chi connectivity index (χ0) is 17.6. The minimum absolute atomic E-state index is 0.0182. The van der Waals surface area contributed by atoms with Crippen molar-refractivity contribution in [2.45, 2.75) is 25.8 Å². The summed E-state index contributed by atoms with van der Waals surface area (Å²) in [6, 6.07) is 7.05. The van der Waals surface area contributed by atoms with Gasteiger partial charge in [0.05, 0.1) is 12.2 Å². The molecule has 3 rings (SSSR count). The highest BCUT2D eigenvalue weighted by Gasteiger charge is 2.11. The fraction of sp³-hybridized carbons (Fsp3) is 0.333. The Morgan fingerprint density at radius 3 is 2.68 bits per heavy atom. The van der Waals surface area contributed by atoms with E-state index in [2.05, 4.69) is 20.2 Å². The summed E-state index contributed by atoms with van der Waals surface area (Å²) in [6.07, 6.45) is 5.45. The number of halogens is 2. The molecule has 132 valence electrons. The van der Waals surface area contributed by atoms with E-state index >= 15 is 0 Å². The van der Waals surface area contributed by atoms with Gasteiger partial charge in [-0.05, 0) is 43.0 Å². The van der Waals surface area contributed by atoms with Gasteiger partial charge >= 0.3 is 0 Å². The highest BCUT2D eigenvalue weighted by atomic mass is 19.1. The molecule has 1 aromatic heterocycles. The maximum absolute atomic E-state index is 13.6. The van der Waals surface area contributed by atoms with Gasteiger partial charge in [0, 0.05) is 25.4 Å². The van der Waals surface area contributed by atoms with Crippen LogP contribution < -0.4 is 16.0 Å². The molecule has 1 saturated heterocycles. The van der Waals surface area contributed by atoms with Crippen LogP contribution in [0.15, 0.2) is 41.5 Å². The molecule has 0 atom stereocenters. The van der Waals surface area contributed by atoms with Gasteiger partial charge in [0.25, 0.3) is 0 Å². The number of aromatic nitrogens is 1. The highest BCUT2D eigenvalue weighted by Crippen LogP contribution is 2.18. The van der Waals surface area contributed by atoms with Crippen molar-refractivity contribution in [1.29, 1.82) is 0 Å². The molecule has 7 heteroatoms. The number of hydrogen-bond acceptors (Lipinski definition) is 3. The summed E-state index contributed by atoms with van der Waals surface area (Å²) >= 11 is 0. The Morgan fingerprint density at radius 2 is 1.96 bits per heavy atom. The van der Waals surface area contributed by atoms with E-state index in [4.69, 9.17) is 5.73 Å². The number of nitrogens with two attached hydrogens (primary N) is 1. The van der Waals surface area contributed by atoms with Crippen molar-refractivity contribution in [2.24, 2.45) is 10.7 Å². The van der Waals surface area contributed by atoms with Gasteiger partial charge in [-0.3, -0.25) is 0 Å². The number of rotatable bonds is 4. The Hall–Kier alpha value is -2.70. The molecule has 1 aliphatic heterocycles. The Bertz CT molecular complexity index is 740. The number of hydrogen-bond donors (Lipinski definition) is 2. The van der Waals surface area contributed by atoms with E-state index in [0.717, 1.165) is 42.7 Å². The summed E-state index contributed by atoms with van der Waals surface area (Å²) in [7, 11) is 0. The lowest BCUT2D eigenvalue weighted by molar-refractivity contribution is 0.573. The number of nitrogens with zero attached hydrogens (tertiary/aromatic N) is 3. The standard InChI is InChI=1S/C18H21F2N5/c19-14-5-6-15(20)16(10-14)24-18(21)23-12-13-4-7-17(22-11-13)25-8-2-1-3-9-25/h4-7,10-11H,1-3,8-9,12H2,(H3,21,23,24). The normalized spacial score (nSPS) is 15.3. The predicted octanol–water partition coefficient (Wildman–Crippen LogP) is 3.28. The fourth-order valence-corrected chi connectivity index (χ4v) is 2.77. The monoisotopic (exact) mass is 345 g/mol. The van der Waals surface area contributed by atoms with E-state index in [-0.39, 0.29) is 11.6 Å². The van der Waals surface area contributed by atoms with Crippen LogP contribution in [0.25, 0.3) is 0 Å². The Kier molecular flexibility index (Phi) is 5.42. The highest BCUT2D eigenvalue weighted by molar-refractivity contribution is 5.92. The van der Waals surface area contributed by atoms with Crippen molar-refractivity contribution < 1.29 is 8.78 Å². The third-order valence-corrected chi connectivity index (χ3v) is 4.11. The molecular weight excluding hydrogens is 324 g/mol. The van der Waals surface area contributed by atoms with Gasteiger partial charge in [-0.15, -0.1) is 0 Å². The van der Waals surface area contributed by atoms with Crippen LogP contribution in [0, 0.1) is 11.6 Å². The fourth-order valence-electron chi connectivity index (χ4n) is 2.77. The molecule has 2 aromatic rings. The van der Waals surface area contributed by atoms with Crippen LogP contribution in [-0.2, 0) is 6.54 Å². The quantitative estimate of drug-likeness (QED) is 0.659. The van der Waals surface area contributed by atoms with Crippen molar-refractivity contribution in [1.82, 2.24) is 4.98 Å². The average Bonchev–Trinajstić information content (AvgIpc) is 2.64. The molecule has 0 bridgehead atoms. The topological polar surface area (TPSA) is 66.5 Å². The lowest BCUT2D eigenvalue weighted by Gasteiger charge is -2.27. The van der Waals surface area contributed by atoms with Crippen molar-refractivity contribution in [3.05, 3.63) is 53.7 Å². The van der Waals surface area contributed by atoms with E-state index in [1.165, 1.54) is 19.3 Å². The number of piperidine rings is 1. The third-order valence-electron chi connectivity index (χ3n) is 4.11. The second-order valence-corrected chi connectivity index (χ2v) is 6.02. The molecular formula is C18H21F2N5. The van der Waals surface area contributed by atoms with E-state index in [0.29, 0.717) is 6.54 Å². The molecule has 0 unspecified atom stereocenters. The molecule has 5 nitrogen and oxygen atoms in total. The van der Waals surface area contributed by atoms with Crippen LogP contribution in [-0.4, -0.2) is 24.0 Å². The third kappa shape index (κ3) is 4.65. The summed E-state index contributed by atoms with van der Waals surface area (Å²) in [5.41, 5.74) is 6.59. The van der Waals surface area contributed by atoms with Crippen LogP contribution in [0.2, 0.25) is 0 Å². The summed E-state index contributed by atoms with van der Waals surface area (Å²) in [6.45, 7) is 2.39. The summed E-state index contributed by atoms with van der Waals surface area (Å²) in [5, 5.41) is 2.57. The first-order valence-corrected chi connectivity index (χ1v) is 8.34. The first-order chi connectivity index (χ1) is 12.1. The zero-order valence-electron chi connectivity index (χ0n) is 13.9. The lowest BCUT2D eigenvalue weighted by atomic mass is 10.1. The van der Waals surface area contributed by atoms with Crippen LogP contribution >= 0.6 is 0 Å². The largest absolute Gasteiger partial charge is 0.370 e. The zero-order valence-corrected chi connectivity index (χ0v) is 13.9.